The summed E-state index contributed by atoms with van der Waals surface area (Å²) in [5.74, 6) is 0.724. The number of carbonyl (C=O) groups excluding carboxylic acids is 1. The van der Waals surface area contributed by atoms with Crippen LogP contribution in [0, 0.1) is 5.92 Å². The molecule has 0 unspecified atom stereocenters. The summed E-state index contributed by atoms with van der Waals surface area (Å²) in [6.45, 7) is 5.61. The molecule has 1 atom stereocenters. The predicted molar refractivity (Wildman–Crippen MR) is 124 cm³/mol. The fraction of sp³-hybridized carbons (Fsp3) is 0.500. The number of halogens is 2. The van der Waals surface area contributed by atoms with Crippen LogP contribution in [0.5, 0.6) is 0 Å². The van der Waals surface area contributed by atoms with Crippen LogP contribution >= 0.6 is 23.2 Å². The maximum Gasteiger partial charge on any atom is 0.281 e. The number of rotatable bonds is 6. The van der Waals surface area contributed by atoms with Crippen LogP contribution in [0.2, 0.25) is 10.0 Å². The maximum atomic E-state index is 12.9. The molecule has 10 heteroatoms. The van der Waals surface area contributed by atoms with E-state index in [1.54, 1.807) is 18.2 Å². The highest BCUT2D eigenvalue weighted by molar-refractivity contribution is 6.36. The number of nitrogens with zero attached hydrogens (tertiary/aromatic N) is 5. The number of hydrogen-bond donors (Lipinski definition) is 1. The van der Waals surface area contributed by atoms with Crippen LogP contribution in [0.4, 0.5) is 0 Å². The largest absolute Gasteiger partial charge is 0.342 e. The van der Waals surface area contributed by atoms with Crippen molar-refractivity contribution in [3.63, 3.8) is 0 Å². The summed E-state index contributed by atoms with van der Waals surface area (Å²) in [5, 5.41) is 9.13. The van der Waals surface area contributed by atoms with Gasteiger partial charge in [0.25, 0.3) is 5.56 Å². The lowest BCUT2D eigenvalue weighted by atomic mass is 9.94. The molecule has 1 fully saturated rings. The van der Waals surface area contributed by atoms with Crippen molar-refractivity contribution in [2.24, 2.45) is 5.92 Å². The maximum absolute atomic E-state index is 12.9. The van der Waals surface area contributed by atoms with E-state index in [0.29, 0.717) is 33.6 Å². The van der Waals surface area contributed by atoms with Crippen LogP contribution in [0.25, 0.3) is 11.2 Å². The van der Waals surface area contributed by atoms with Crippen LogP contribution in [0.1, 0.15) is 56.8 Å². The molecule has 1 aliphatic rings. The third-order valence-corrected chi connectivity index (χ3v) is 6.92. The zero-order chi connectivity index (χ0) is 22.8. The predicted octanol–water partition coefficient (Wildman–Crippen LogP) is 4.01. The Labute approximate surface area is 195 Å². The number of H-pyrrole nitrogens is 1. The van der Waals surface area contributed by atoms with E-state index in [2.05, 4.69) is 15.3 Å². The summed E-state index contributed by atoms with van der Waals surface area (Å²) < 4.78 is 1.54. The SMILES string of the molecule is CCC(CC)C(=O)N1CCC[C@H](c2nc3c(nnn3Cc3c(Cl)cccc3Cl)c(=O)[nH]2)C1. The molecule has 0 spiro atoms. The first-order valence-corrected chi connectivity index (χ1v) is 11.7. The van der Waals surface area contributed by atoms with Crippen molar-refractivity contribution in [3.8, 4) is 0 Å². The van der Waals surface area contributed by atoms with Crippen LogP contribution in [0.15, 0.2) is 23.0 Å². The summed E-state index contributed by atoms with van der Waals surface area (Å²) in [7, 11) is 0. The Morgan fingerprint density at radius 1 is 1.25 bits per heavy atom. The van der Waals surface area contributed by atoms with E-state index in [1.165, 1.54) is 4.68 Å². The zero-order valence-corrected chi connectivity index (χ0v) is 19.7. The highest BCUT2D eigenvalue weighted by Gasteiger charge is 2.30. The van der Waals surface area contributed by atoms with Crippen molar-refractivity contribution in [2.45, 2.75) is 52.0 Å². The van der Waals surface area contributed by atoms with Crippen LogP contribution in [-0.2, 0) is 11.3 Å². The van der Waals surface area contributed by atoms with Gasteiger partial charge < -0.3 is 9.88 Å². The molecule has 3 aromatic rings. The smallest absolute Gasteiger partial charge is 0.281 e. The number of carbonyl (C=O) groups is 1. The number of benzene rings is 1. The van der Waals surface area contributed by atoms with Gasteiger partial charge >= 0.3 is 0 Å². The van der Waals surface area contributed by atoms with Crippen LogP contribution in [-0.4, -0.2) is 48.9 Å². The van der Waals surface area contributed by atoms with E-state index in [9.17, 15) is 9.59 Å². The van der Waals surface area contributed by atoms with Gasteiger partial charge in [-0.05, 0) is 37.8 Å². The molecule has 1 aromatic carbocycles. The van der Waals surface area contributed by atoms with Gasteiger partial charge in [-0.1, -0.05) is 48.3 Å². The van der Waals surface area contributed by atoms with Crippen molar-refractivity contribution in [3.05, 3.63) is 50.0 Å². The Morgan fingerprint density at radius 3 is 2.66 bits per heavy atom. The number of aromatic nitrogens is 5. The summed E-state index contributed by atoms with van der Waals surface area (Å²) in [5.41, 5.74) is 0.886. The van der Waals surface area contributed by atoms with Crippen LogP contribution < -0.4 is 5.56 Å². The molecular formula is C22H26Cl2N6O2. The number of aromatic amines is 1. The third-order valence-electron chi connectivity index (χ3n) is 6.22. The standard InChI is InChI=1S/C22H26Cl2N6O2/c1-3-13(4-2)22(32)29-10-6-7-14(11-29)19-25-20-18(21(31)26-19)27-28-30(20)12-15-16(23)8-5-9-17(15)24/h5,8-9,13-14H,3-4,6-7,10-12H2,1-2H3,(H,25,26,31)/t14-/m0/s1. The molecule has 4 rings (SSSR count). The van der Waals surface area contributed by atoms with Gasteiger partial charge in [-0.15, -0.1) is 5.10 Å². The Balaban J connectivity index is 1.65. The van der Waals surface area contributed by atoms with Crippen molar-refractivity contribution in [1.29, 1.82) is 0 Å². The van der Waals surface area contributed by atoms with Crippen LogP contribution in [0.3, 0.4) is 0 Å². The lowest BCUT2D eigenvalue weighted by Crippen LogP contribution is -2.42. The summed E-state index contributed by atoms with van der Waals surface area (Å²) in [6, 6.07) is 5.27. The summed E-state index contributed by atoms with van der Waals surface area (Å²) >= 11 is 12.6. The topological polar surface area (TPSA) is 96.8 Å². The summed E-state index contributed by atoms with van der Waals surface area (Å²) in [4.78, 5) is 35.1. The molecule has 3 heterocycles. The third kappa shape index (κ3) is 4.38. The second-order valence-electron chi connectivity index (χ2n) is 8.21. The Hall–Kier alpha value is -2.45. The minimum Gasteiger partial charge on any atom is -0.342 e. The van der Waals surface area contributed by atoms with E-state index < -0.39 is 0 Å². The van der Waals surface area contributed by atoms with Gasteiger partial charge in [-0.2, -0.15) is 0 Å². The minimum absolute atomic E-state index is 0.0363. The molecule has 0 aliphatic carbocycles. The van der Waals surface area contributed by atoms with Crippen molar-refractivity contribution < 1.29 is 4.79 Å². The average Bonchev–Trinajstić information content (AvgIpc) is 3.20. The lowest BCUT2D eigenvalue weighted by molar-refractivity contribution is -0.137. The normalized spacial score (nSPS) is 16.8. The van der Waals surface area contributed by atoms with E-state index >= 15 is 0 Å². The fourth-order valence-electron chi connectivity index (χ4n) is 4.31. The first-order valence-electron chi connectivity index (χ1n) is 11.0. The monoisotopic (exact) mass is 476 g/mol. The molecule has 8 nitrogen and oxygen atoms in total. The molecule has 0 saturated carbocycles. The second-order valence-corrected chi connectivity index (χ2v) is 9.02. The Morgan fingerprint density at radius 2 is 1.97 bits per heavy atom. The molecule has 0 bridgehead atoms. The molecule has 0 radical (unpaired) electrons. The number of likely N-dealkylation sites (tertiary alicyclic amines) is 1. The van der Waals surface area contributed by atoms with Crippen molar-refractivity contribution in [2.75, 3.05) is 13.1 Å². The van der Waals surface area contributed by atoms with E-state index in [1.807, 2.05) is 18.7 Å². The number of nitrogens with one attached hydrogen (secondary N) is 1. The van der Waals surface area contributed by atoms with Gasteiger partial charge in [0, 0.05) is 40.5 Å². The molecule has 1 saturated heterocycles. The zero-order valence-electron chi connectivity index (χ0n) is 18.1. The van der Waals surface area contributed by atoms with E-state index in [4.69, 9.17) is 28.2 Å². The first-order chi connectivity index (χ1) is 15.4. The number of piperidine rings is 1. The summed E-state index contributed by atoms with van der Waals surface area (Å²) in [6.07, 6.45) is 3.37. The number of amides is 1. The first kappa shape index (κ1) is 22.7. The molecule has 170 valence electrons. The molecule has 1 amide bonds. The van der Waals surface area contributed by atoms with Crippen molar-refractivity contribution in [1.82, 2.24) is 29.9 Å². The quantitative estimate of drug-likeness (QED) is 0.579. The molecule has 1 aliphatic heterocycles. The fourth-order valence-corrected chi connectivity index (χ4v) is 4.83. The van der Waals surface area contributed by atoms with E-state index in [-0.39, 0.29) is 35.4 Å². The van der Waals surface area contributed by atoms with Gasteiger partial charge in [0.05, 0.1) is 6.54 Å². The molecule has 32 heavy (non-hydrogen) atoms. The van der Waals surface area contributed by atoms with Gasteiger partial charge in [0.2, 0.25) is 5.91 Å². The van der Waals surface area contributed by atoms with E-state index in [0.717, 1.165) is 32.2 Å². The van der Waals surface area contributed by atoms with Gasteiger partial charge in [0.15, 0.2) is 11.2 Å². The number of hydrogen-bond acceptors (Lipinski definition) is 5. The van der Waals surface area contributed by atoms with Gasteiger partial charge in [-0.3, -0.25) is 9.59 Å². The van der Waals surface area contributed by atoms with Crippen molar-refractivity contribution >= 4 is 40.3 Å². The highest BCUT2D eigenvalue weighted by Crippen LogP contribution is 2.28. The molecular weight excluding hydrogens is 451 g/mol. The lowest BCUT2D eigenvalue weighted by Gasteiger charge is -2.34. The Bertz CT molecular complexity index is 1170. The molecule has 2 aromatic heterocycles. The Kier molecular flexibility index (Phi) is 6.81. The minimum atomic E-state index is -0.343. The number of fused-ring (bicyclic) bond motifs is 1. The molecule has 1 N–H and O–H groups in total. The highest BCUT2D eigenvalue weighted by atomic mass is 35.5. The second kappa shape index (κ2) is 9.58. The van der Waals surface area contributed by atoms with Gasteiger partial charge in [0.1, 0.15) is 5.82 Å². The van der Waals surface area contributed by atoms with Gasteiger partial charge in [-0.25, -0.2) is 9.67 Å². The average molecular weight is 477 g/mol.